The number of piperidine rings is 1. The Kier molecular flexibility index (Phi) is 6.18. The van der Waals surface area contributed by atoms with Crippen LogP contribution in [0.5, 0.6) is 0 Å². The summed E-state index contributed by atoms with van der Waals surface area (Å²) >= 11 is 0. The second-order valence-electron chi connectivity index (χ2n) is 8.59. The minimum absolute atomic E-state index is 0. The van der Waals surface area contributed by atoms with E-state index in [0.29, 0.717) is 35.2 Å². The second-order valence-corrected chi connectivity index (χ2v) is 8.59. The van der Waals surface area contributed by atoms with Crippen molar-refractivity contribution in [1.82, 2.24) is 10.6 Å². The predicted octanol–water partition coefficient (Wildman–Crippen LogP) is 3.66. The van der Waals surface area contributed by atoms with E-state index in [1.54, 1.807) is 0 Å². The summed E-state index contributed by atoms with van der Waals surface area (Å²) in [6.45, 7) is 5.65. The van der Waals surface area contributed by atoms with Gasteiger partial charge in [-0.2, -0.15) is 0 Å². The van der Waals surface area contributed by atoms with Gasteiger partial charge < -0.3 is 10.6 Å². The fraction of sp³-hybridized carbons (Fsp3) is 0.944. The molecule has 3 fully saturated rings. The van der Waals surface area contributed by atoms with E-state index in [9.17, 15) is 4.79 Å². The second kappa shape index (κ2) is 7.53. The largest absolute Gasteiger partial charge is 0.356 e. The summed E-state index contributed by atoms with van der Waals surface area (Å²) in [5.74, 6) is 1.63. The zero-order valence-corrected chi connectivity index (χ0v) is 15.0. The third kappa shape index (κ3) is 4.86. The number of amides is 1. The molecule has 2 N–H and O–H groups in total. The molecule has 2 bridgehead atoms. The van der Waals surface area contributed by atoms with E-state index in [2.05, 4.69) is 24.5 Å². The van der Waals surface area contributed by atoms with Crippen LogP contribution in [0.2, 0.25) is 0 Å². The molecule has 2 unspecified atom stereocenters. The van der Waals surface area contributed by atoms with E-state index in [1.165, 1.54) is 51.4 Å². The molecule has 3 aliphatic rings. The van der Waals surface area contributed by atoms with Crippen LogP contribution >= 0.6 is 12.4 Å². The van der Waals surface area contributed by atoms with Gasteiger partial charge in [0.1, 0.15) is 0 Å². The van der Waals surface area contributed by atoms with Crippen molar-refractivity contribution in [1.29, 1.82) is 0 Å². The Morgan fingerprint density at radius 3 is 2.23 bits per heavy atom. The molecule has 0 aromatic heterocycles. The SMILES string of the molecule is CC1(C)CCC(CNC(=O)CC2CC3CCC(C2)N3)CC1.Cl. The Labute approximate surface area is 141 Å². The van der Waals surface area contributed by atoms with Crippen molar-refractivity contribution in [3.8, 4) is 0 Å². The van der Waals surface area contributed by atoms with Gasteiger partial charge in [0.25, 0.3) is 0 Å². The molecule has 0 spiro atoms. The lowest BCUT2D eigenvalue weighted by atomic mass is 9.73. The van der Waals surface area contributed by atoms with E-state index < -0.39 is 0 Å². The number of halogens is 1. The number of nitrogens with one attached hydrogen (secondary N) is 2. The molecule has 0 aromatic rings. The summed E-state index contributed by atoms with van der Waals surface area (Å²) in [4.78, 5) is 12.2. The van der Waals surface area contributed by atoms with Gasteiger partial charge in [0.2, 0.25) is 5.91 Å². The number of fused-ring (bicyclic) bond motifs is 2. The molecule has 4 heteroatoms. The highest BCUT2D eigenvalue weighted by Crippen LogP contribution is 2.37. The van der Waals surface area contributed by atoms with Gasteiger partial charge in [0.05, 0.1) is 0 Å². The molecule has 128 valence electrons. The number of hydrogen-bond donors (Lipinski definition) is 2. The molecular weight excluding hydrogens is 296 g/mol. The Balaban J connectivity index is 0.00000176. The summed E-state index contributed by atoms with van der Waals surface area (Å²) in [5, 5.41) is 6.87. The molecule has 2 saturated heterocycles. The van der Waals surface area contributed by atoms with Gasteiger partial charge in [-0.1, -0.05) is 13.8 Å². The molecule has 2 aliphatic heterocycles. The standard InChI is InChI=1S/C18H32N2O.ClH/c1-18(2)7-5-13(6-8-18)12-19-17(21)11-14-9-15-3-4-16(10-14)20-15;/h13-16,20H,3-12H2,1-2H3,(H,19,21);1H. The summed E-state index contributed by atoms with van der Waals surface area (Å²) in [6, 6.07) is 1.39. The van der Waals surface area contributed by atoms with Crippen molar-refractivity contribution < 1.29 is 4.79 Å². The van der Waals surface area contributed by atoms with Crippen LogP contribution in [0, 0.1) is 17.3 Å². The first-order chi connectivity index (χ1) is 10.00. The maximum Gasteiger partial charge on any atom is 0.220 e. The first-order valence-electron chi connectivity index (χ1n) is 9.03. The summed E-state index contributed by atoms with van der Waals surface area (Å²) in [5.41, 5.74) is 0.523. The minimum atomic E-state index is 0. The predicted molar refractivity (Wildman–Crippen MR) is 93.3 cm³/mol. The fourth-order valence-electron chi connectivity index (χ4n) is 4.60. The van der Waals surface area contributed by atoms with Crippen LogP contribution in [0.15, 0.2) is 0 Å². The van der Waals surface area contributed by atoms with Crippen molar-refractivity contribution in [2.24, 2.45) is 17.3 Å². The molecule has 0 radical (unpaired) electrons. The normalized spacial score (nSPS) is 34.0. The summed E-state index contributed by atoms with van der Waals surface area (Å²) in [7, 11) is 0. The molecule has 3 rings (SSSR count). The third-order valence-electron chi connectivity index (χ3n) is 6.09. The van der Waals surface area contributed by atoms with Gasteiger partial charge in [0.15, 0.2) is 0 Å². The quantitative estimate of drug-likeness (QED) is 0.827. The molecule has 2 heterocycles. The Morgan fingerprint density at radius 1 is 1.05 bits per heavy atom. The topological polar surface area (TPSA) is 41.1 Å². The maximum absolute atomic E-state index is 12.2. The Bertz CT molecular complexity index is 363. The molecule has 1 saturated carbocycles. The van der Waals surface area contributed by atoms with Crippen molar-refractivity contribution in [2.45, 2.75) is 83.7 Å². The molecule has 0 aromatic carbocycles. The summed E-state index contributed by atoms with van der Waals surface area (Å²) in [6.07, 6.45) is 11.0. The van der Waals surface area contributed by atoms with Crippen LogP contribution in [0.25, 0.3) is 0 Å². The number of rotatable bonds is 4. The Morgan fingerprint density at radius 2 is 1.64 bits per heavy atom. The van der Waals surface area contributed by atoms with Crippen molar-refractivity contribution in [2.75, 3.05) is 6.54 Å². The third-order valence-corrected chi connectivity index (χ3v) is 6.09. The monoisotopic (exact) mass is 328 g/mol. The molecule has 2 atom stereocenters. The van der Waals surface area contributed by atoms with E-state index in [-0.39, 0.29) is 12.4 Å². The number of hydrogen-bond acceptors (Lipinski definition) is 2. The van der Waals surface area contributed by atoms with Crippen LogP contribution in [0.1, 0.15) is 71.6 Å². The van der Waals surface area contributed by atoms with Crippen LogP contribution in [0.4, 0.5) is 0 Å². The van der Waals surface area contributed by atoms with E-state index >= 15 is 0 Å². The molecular formula is C18H33ClN2O. The maximum atomic E-state index is 12.2. The lowest BCUT2D eigenvalue weighted by molar-refractivity contribution is -0.122. The zero-order chi connectivity index (χ0) is 14.9. The number of carbonyl (C=O) groups is 1. The average molecular weight is 329 g/mol. The Hall–Kier alpha value is -0.280. The highest BCUT2D eigenvalue weighted by molar-refractivity contribution is 5.85. The highest BCUT2D eigenvalue weighted by atomic mass is 35.5. The molecule has 22 heavy (non-hydrogen) atoms. The lowest BCUT2D eigenvalue weighted by Gasteiger charge is -2.34. The summed E-state index contributed by atoms with van der Waals surface area (Å²) < 4.78 is 0. The van der Waals surface area contributed by atoms with E-state index in [1.807, 2.05) is 0 Å². The first kappa shape index (κ1) is 18.1. The number of carbonyl (C=O) groups excluding carboxylic acids is 1. The molecule has 3 nitrogen and oxygen atoms in total. The highest BCUT2D eigenvalue weighted by Gasteiger charge is 2.34. The zero-order valence-electron chi connectivity index (χ0n) is 14.2. The van der Waals surface area contributed by atoms with Crippen molar-refractivity contribution in [3.63, 3.8) is 0 Å². The molecule has 1 aliphatic carbocycles. The van der Waals surface area contributed by atoms with Gasteiger partial charge in [-0.3, -0.25) is 4.79 Å². The van der Waals surface area contributed by atoms with Gasteiger partial charge in [-0.15, -0.1) is 12.4 Å². The molecule has 1 amide bonds. The van der Waals surface area contributed by atoms with Gasteiger partial charge >= 0.3 is 0 Å². The van der Waals surface area contributed by atoms with Gasteiger partial charge in [-0.25, -0.2) is 0 Å². The fourth-order valence-corrected chi connectivity index (χ4v) is 4.60. The van der Waals surface area contributed by atoms with Crippen molar-refractivity contribution >= 4 is 18.3 Å². The van der Waals surface area contributed by atoms with Crippen LogP contribution in [-0.2, 0) is 4.79 Å². The van der Waals surface area contributed by atoms with Gasteiger partial charge in [0, 0.05) is 25.0 Å². The van der Waals surface area contributed by atoms with Crippen LogP contribution in [-0.4, -0.2) is 24.5 Å². The van der Waals surface area contributed by atoms with Gasteiger partial charge in [-0.05, 0) is 68.6 Å². The van der Waals surface area contributed by atoms with E-state index in [0.717, 1.165) is 13.0 Å². The first-order valence-corrected chi connectivity index (χ1v) is 9.03. The lowest BCUT2D eigenvalue weighted by Crippen LogP contribution is -2.40. The minimum Gasteiger partial charge on any atom is -0.356 e. The van der Waals surface area contributed by atoms with Crippen LogP contribution in [0.3, 0.4) is 0 Å². The van der Waals surface area contributed by atoms with E-state index in [4.69, 9.17) is 0 Å². The van der Waals surface area contributed by atoms with Crippen LogP contribution < -0.4 is 10.6 Å². The van der Waals surface area contributed by atoms with Crippen molar-refractivity contribution in [3.05, 3.63) is 0 Å². The average Bonchev–Trinajstić information content (AvgIpc) is 2.77. The smallest absolute Gasteiger partial charge is 0.220 e.